The summed E-state index contributed by atoms with van der Waals surface area (Å²) >= 11 is 7.28. The number of aromatic nitrogens is 3. The third kappa shape index (κ3) is 2.70. The van der Waals surface area contributed by atoms with E-state index < -0.39 is 0 Å². The first kappa shape index (κ1) is 12.8. The van der Waals surface area contributed by atoms with Gasteiger partial charge in [0.2, 0.25) is 0 Å². The number of anilines is 1. The van der Waals surface area contributed by atoms with Crippen LogP contribution in [0.4, 0.5) is 5.82 Å². The van der Waals surface area contributed by atoms with E-state index >= 15 is 0 Å². The van der Waals surface area contributed by atoms with Crippen molar-refractivity contribution in [2.24, 2.45) is 5.84 Å². The van der Waals surface area contributed by atoms with Crippen LogP contribution in [0.1, 0.15) is 37.3 Å². The molecule has 1 fully saturated rings. The minimum Gasteiger partial charge on any atom is -0.308 e. The fourth-order valence-corrected chi connectivity index (χ4v) is 3.27. The molecule has 2 aromatic rings. The van der Waals surface area contributed by atoms with Gasteiger partial charge in [0.05, 0.1) is 6.20 Å². The Morgan fingerprint density at radius 2 is 2.11 bits per heavy atom. The highest BCUT2D eigenvalue weighted by Crippen LogP contribution is 2.35. The zero-order chi connectivity index (χ0) is 13.2. The summed E-state index contributed by atoms with van der Waals surface area (Å²) in [5.74, 6) is 7.21. The van der Waals surface area contributed by atoms with Crippen LogP contribution in [0.2, 0.25) is 4.34 Å². The van der Waals surface area contributed by atoms with Gasteiger partial charge in [-0.25, -0.2) is 20.8 Å². The fourth-order valence-electron chi connectivity index (χ4n) is 2.42. The van der Waals surface area contributed by atoms with Gasteiger partial charge in [-0.3, -0.25) is 0 Å². The lowest BCUT2D eigenvalue weighted by molar-refractivity contribution is 0.695. The molecule has 3 N–H and O–H groups in total. The molecular formula is C12H14ClN5S. The summed E-state index contributed by atoms with van der Waals surface area (Å²) < 4.78 is 0.632. The quantitative estimate of drug-likeness (QED) is 0.672. The zero-order valence-corrected chi connectivity index (χ0v) is 11.8. The standard InChI is InChI=1S/C12H14ClN5S/c13-9-6-15-12(19-9)11-16-8(5-10(17-11)18-14)7-3-1-2-4-7/h5-7H,1-4,14H2,(H,16,17,18). The molecule has 19 heavy (non-hydrogen) atoms. The molecule has 0 radical (unpaired) electrons. The lowest BCUT2D eigenvalue weighted by atomic mass is 10.0. The van der Waals surface area contributed by atoms with E-state index in [1.165, 1.54) is 37.0 Å². The first-order valence-corrected chi connectivity index (χ1v) is 7.43. The number of rotatable bonds is 3. The third-order valence-electron chi connectivity index (χ3n) is 3.34. The van der Waals surface area contributed by atoms with E-state index in [9.17, 15) is 0 Å². The number of hydrogen-bond donors (Lipinski definition) is 2. The summed E-state index contributed by atoms with van der Waals surface area (Å²) in [5, 5.41) is 0.723. The number of hydrogen-bond acceptors (Lipinski definition) is 6. The lowest BCUT2D eigenvalue weighted by Crippen LogP contribution is -2.11. The Bertz CT molecular complexity index is 579. The maximum atomic E-state index is 5.91. The van der Waals surface area contributed by atoms with Crippen LogP contribution in [-0.4, -0.2) is 15.0 Å². The number of thiazole rings is 1. The Kier molecular flexibility index (Phi) is 3.63. The molecule has 2 heterocycles. The van der Waals surface area contributed by atoms with E-state index in [2.05, 4.69) is 20.4 Å². The number of hydrazine groups is 1. The maximum Gasteiger partial charge on any atom is 0.191 e. The topological polar surface area (TPSA) is 76.7 Å². The van der Waals surface area contributed by atoms with Crippen LogP contribution < -0.4 is 11.3 Å². The van der Waals surface area contributed by atoms with E-state index in [1.54, 1.807) is 6.20 Å². The molecule has 0 amide bonds. The second-order valence-electron chi connectivity index (χ2n) is 4.60. The van der Waals surface area contributed by atoms with Crippen LogP contribution in [-0.2, 0) is 0 Å². The molecule has 5 nitrogen and oxygen atoms in total. The van der Waals surface area contributed by atoms with Gasteiger partial charge in [0, 0.05) is 17.7 Å². The van der Waals surface area contributed by atoms with Crippen LogP contribution in [0.3, 0.4) is 0 Å². The van der Waals surface area contributed by atoms with Gasteiger partial charge in [-0.1, -0.05) is 35.8 Å². The Morgan fingerprint density at radius 1 is 1.32 bits per heavy atom. The number of nitrogens with two attached hydrogens (primary N) is 1. The summed E-state index contributed by atoms with van der Waals surface area (Å²) in [4.78, 5) is 13.2. The first-order valence-electron chi connectivity index (χ1n) is 6.23. The predicted molar refractivity (Wildman–Crippen MR) is 77.2 cm³/mol. The van der Waals surface area contributed by atoms with E-state index in [4.69, 9.17) is 17.4 Å². The first-order chi connectivity index (χ1) is 9.26. The van der Waals surface area contributed by atoms with Crippen molar-refractivity contribution in [3.05, 3.63) is 22.3 Å². The van der Waals surface area contributed by atoms with Crippen molar-refractivity contribution in [1.82, 2.24) is 15.0 Å². The number of halogens is 1. The van der Waals surface area contributed by atoms with Crippen molar-refractivity contribution in [3.8, 4) is 10.8 Å². The molecule has 1 aliphatic rings. The smallest absolute Gasteiger partial charge is 0.191 e. The van der Waals surface area contributed by atoms with Crippen molar-refractivity contribution >= 4 is 28.8 Å². The van der Waals surface area contributed by atoms with E-state index in [-0.39, 0.29) is 0 Å². The van der Waals surface area contributed by atoms with Crippen LogP contribution in [0.25, 0.3) is 10.8 Å². The summed E-state index contributed by atoms with van der Waals surface area (Å²) in [6, 6.07) is 1.93. The second kappa shape index (κ2) is 5.40. The van der Waals surface area contributed by atoms with Crippen molar-refractivity contribution in [2.75, 3.05) is 5.43 Å². The van der Waals surface area contributed by atoms with Gasteiger partial charge in [-0.05, 0) is 12.8 Å². The predicted octanol–water partition coefficient (Wildman–Crippen LogP) is 3.20. The molecule has 0 spiro atoms. The van der Waals surface area contributed by atoms with Crippen LogP contribution in [0, 0.1) is 0 Å². The number of nitrogens with zero attached hydrogens (tertiary/aromatic N) is 3. The van der Waals surface area contributed by atoms with Gasteiger partial charge in [-0.2, -0.15) is 0 Å². The summed E-state index contributed by atoms with van der Waals surface area (Å²) in [6.45, 7) is 0. The molecule has 7 heteroatoms. The van der Waals surface area contributed by atoms with Crippen LogP contribution >= 0.6 is 22.9 Å². The van der Waals surface area contributed by atoms with Gasteiger partial charge >= 0.3 is 0 Å². The minimum atomic E-state index is 0.504. The van der Waals surface area contributed by atoms with Crippen molar-refractivity contribution in [1.29, 1.82) is 0 Å². The second-order valence-corrected chi connectivity index (χ2v) is 6.26. The Balaban J connectivity index is 2.01. The van der Waals surface area contributed by atoms with Gasteiger partial charge in [0.25, 0.3) is 0 Å². The summed E-state index contributed by atoms with van der Waals surface area (Å²) in [5.41, 5.74) is 3.64. The molecular weight excluding hydrogens is 282 g/mol. The zero-order valence-electron chi connectivity index (χ0n) is 10.3. The largest absolute Gasteiger partial charge is 0.308 e. The highest BCUT2D eigenvalue weighted by molar-refractivity contribution is 7.18. The summed E-state index contributed by atoms with van der Waals surface area (Å²) in [6.07, 6.45) is 6.50. The average molecular weight is 296 g/mol. The highest BCUT2D eigenvalue weighted by atomic mass is 35.5. The minimum absolute atomic E-state index is 0.504. The van der Waals surface area contributed by atoms with Crippen LogP contribution in [0.5, 0.6) is 0 Å². The lowest BCUT2D eigenvalue weighted by Gasteiger charge is -2.11. The molecule has 0 aromatic carbocycles. The molecule has 1 saturated carbocycles. The Hall–Kier alpha value is -1.24. The molecule has 0 aliphatic heterocycles. The number of nitrogen functional groups attached to an aromatic ring is 1. The number of nitrogens with one attached hydrogen (secondary N) is 1. The van der Waals surface area contributed by atoms with Gasteiger partial charge in [-0.15, -0.1) is 0 Å². The van der Waals surface area contributed by atoms with E-state index in [0.717, 1.165) is 10.7 Å². The van der Waals surface area contributed by atoms with Crippen LogP contribution in [0.15, 0.2) is 12.3 Å². The van der Waals surface area contributed by atoms with Gasteiger partial charge in [0.1, 0.15) is 10.2 Å². The van der Waals surface area contributed by atoms with Gasteiger partial charge < -0.3 is 5.43 Å². The Morgan fingerprint density at radius 3 is 2.74 bits per heavy atom. The maximum absolute atomic E-state index is 5.91. The van der Waals surface area contributed by atoms with Crippen molar-refractivity contribution in [2.45, 2.75) is 31.6 Å². The van der Waals surface area contributed by atoms with Crippen molar-refractivity contribution in [3.63, 3.8) is 0 Å². The highest BCUT2D eigenvalue weighted by Gasteiger charge is 2.20. The average Bonchev–Trinajstić information content (AvgIpc) is 3.09. The molecule has 2 aromatic heterocycles. The third-order valence-corrected chi connectivity index (χ3v) is 4.45. The molecule has 0 atom stereocenters. The normalized spacial score (nSPS) is 15.9. The molecule has 0 unspecified atom stereocenters. The molecule has 0 bridgehead atoms. The van der Waals surface area contributed by atoms with Gasteiger partial charge in [0.15, 0.2) is 10.8 Å². The molecule has 0 saturated heterocycles. The molecule has 1 aliphatic carbocycles. The Labute approximate surface area is 120 Å². The molecule has 3 rings (SSSR count). The summed E-state index contributed by atoms with van der Waals surface area (Å²) in [7, 11) is 0. The van der Waals surface area contributed by atoms with E-state index in [0.29, 0.717) is 21.9 Å². The van der Waals surface area contributed by atoms with Crippen molar-refractivity contribution < 1.29 is 0 Å². The SMILES string of the molecule is NNc1cc(C2CCCC2)nc(-c2ncc(Cl)s2)n1. The fraction of sp³-hybridized carbons (Fsp3) is 0.417. The van der Waals surface area contributed by atoms with E-state index in [1.807, 2.05) is 6.07 Å². The molecule has 100 valence electrons. The monoisotopic (exact) mass is 295 g/mol.